The highest BCUT2D eigenvalue weighted by atomic mass is 16.5. The number of alkyl carbamates (subject to hydrolysis) is 1. The number of nitrogens with one attached hydrogen (secondary N) is 2. The second kappa shape index (κ2) is 10.1. The molecule has 7 heteroatoms. The Morgan fingerprint density at radius 1 is 1.06 bits per heavy atom. The van der Waals surface area contributed by atoms with Crippen molar-refractivity contribution in [3.8, 4) is 11.1 Å². The van der Waals surface area contributed by atoms with E-state index in [-0.39, 0.29) is 24.3 Å². The first kappa shape index (κ1) is 24.8. The van der Waals surface area contributed by atoms with Crippen LogP contribution in [-0.4, -0.2) is 41.3 Å². The van der Waals surface area contributed by atoms with E-state index >= 15 is 0 Å². The summed E-state index contributed by atoms with van der Waals surface area (Å²) in [5, 5.41) is 15.4. The lowest BCUT2D eigenvalue weighted by molar-refractivity contribution is -0.150. The number of carboxylic acid groups (broad SMARTS) is 1. The minimum atomic E-state index is -1.24. The quantitative estimate of drug-likeness (QED) is 0.535. The van der Waals surface area contributed by atoms with E-state index in [2.05, 4.69) is 34.9 Å². The zero-order valence-electron chi connectivity index (χ0n) is 20.5. The fourth-order valence-corrected chi connectivity index (χ4v) is 5.44. The molecule has 0 aromatic heterocycles. The molecule has 3 N–H and O–H groups in total. The van der Waals surface area contributed by atoms with Crippen LogP contribution >= 0.6 is 0 Å². The molecule has 4 unspecified atom stereocenters. The molecule has 4 atom stereocenters. The van der Waals surface area contributed by atoms with Crippen LogP contribution in [0.25, 0.3) is 11.1 Å². The highest BCUT2D eigenvalue weighted by molar-refractivity contribution is 5.88. The van der Waals surface area contributed by atoms with Crippen molar-refractivity contribution in [1.82, 2.24) is 10.6 Å². The van der Waals surface area contributed by atoms with Gasteiger partial charge in [0.1, 0.15) is 12.1 Å². The lowest BCUT2D eigenvalue weighted by Crippen LogP contribution is -2.59. The molecule has 1 fully saturated rings. The number of carbonyl (C=O) groups excluding carboxylic acids is 2. The minimum absolute atomic E-state index is 0.0482. The Morgan fingerprint density at radius 3 is 2.23 bits per heavy atom. The van der Waals surface area contributed by atoms with Crippen LogP contribution in [0.4, 0.5) is 4.79 Å². The van der Waals surface area contributed by atoms with Crippen molar-refractivity contribution < 1.29 is 24.2 Å². The van der Waals surface area contributed by atoms with Gasteiger partial charge in [-0.05, 0) is 47.9 Å². The first-order valence-electron chi connectivity index (χ1n) is 12.4. The summed E-state index contributed by atoms with van der Waals surface area (Å²) in [4.78, 5) is 37.5. The van der Waals surface area contributed by atoms with E-state index in [9.17, 15) is 19.5 Å². The van der Waals surface area contributed by atoms with Crippen LogP contribution in [-0.2, 0) is 14.3 Å². The maximum atomic E-state index is 12.9. The number of hydrogen-bond acceptors (Lipinski definition) is 4. The highest BCUT2D eigenvalue weighted by Crippen LogP contribution is 2.44. The summed E-state index contributed by atoms with van der Waals surface area (Å²) in [6.07, 6.45) is 1.95. The van der Waals surface area contributed by atoms with E-state index in [0.29, 0.717) is 12.8 Å². The predicted octanol–water partition coefficient (Wildman–Crippen LogP) is 4.70. The third-order valence-electron chi connectivity index (χ3n) is 7.62. The van der Waals surface area contributed by atoms with Crippen LogP contribution in [0.5, 0.6) is 0 Å². The van der Waals surface area contributed by atoms with Crippen molar-refractivity contribution in [2.45, 2.75) is 64.0 Å². The largest absolute Gasteiger partial charge is 0.480 e. The number of hydrogen-bond donors (Lipinski definition) is 3. The van der Waals surface area contributed by atoms with E-state index in [1.54, 1.807) is 13.8 Å². The van der Waals surface area contributed by atoms with Gasteiger partial charge in [-0.15, -0.1) is 0 Å². The van der Waals surface area contributed by atoms with Crippen molar-refractivity contribution in [3.63, 3.8) is 0 Å². The fourth-order valence-electron chi connectivity index (χ4n) is 5.44. The Kier molecular flexibility index (Phi) is 7.15. The number of ether oxygens (including phenoxy) is 1. The lowest BCUT2D eigenvalue weighted by atomic mass is 9.76. The minimum Gasteiger partial charge on any atom is -0.480 e. The first-order chi connectivity index (χ1) is 16.7. The van der Waals surface area contributed by atoms with Crippen molar-refractivity contribution in [1.29, 1.82) is 0 Å². The predicted molar refractivity (Wildman–Crippen MR) is 133 cm³/mol. The van der Waals surface area contributed by atoms with E-state index < -0.39 is 29.6 Å². The summed E-state index contributed by atoms with van der Waals surface area (Å²) in [6, 6.07) is 15.7. The van der Waals surface area contributed by atoms with Gasteiger partial charge in [-0.3, -0.25) is 4.79 Å². The van der Waals surface area contributed by atoms with E-state index in [0.717, 1.165) is 35.1 Å². The number of rotatable bonds is 7. The zero-order chi connectivity index (χ0) is 25.2. The Morgan fingerprint density at radius 2 is 1.66 bits per heavy atom. The number of carboxylic acids is 1. The molecule has 35 heavy (non-hydrogen) atoms. The third-order valence-corrected chi connectivity index (χ3v) is 7.62. The van der Waals surface area contributed by atoms with Gasteiger partial charge < -0.3 is 20.5 Å². The van der Waals surface area contributed by atoms with Crippen molar-refractivity contribution >= 4 is 18.0 Å². The molecule has 2 aromatic carbocycles. The standard InChI is InChI=1S/C28H34N2O5/c1-17-9-8-14-28(15-17,26(32)33)30-25(31)18(2)19(3)29-27(34)35-16-24-22-12-6-4-10-20(22)21-11-5-7-13-23(21)24/h4-7,10-13,17-19,24H,8-9,14-16H2,1-3H3,(H,29,34)(H,30,31)(H,32,33). The maximum Gasteiger partial charge on any atom is 0.407 e. The topological polar surface area (TPSA) is 105 Å². The summed E-state index contributed by atoms with van der Waals surface area (Å²) < 4.78 is 5.59. The SMILES string of the molecule is CC1CCCC(NC(=O)C(C)C(C)NC(=O)OCC2c3ccccc3-c3ccccc32)(C(=O)O)C1. The van der Waals surface area contributed by atoms with Crippen LogP contribution in [0.15, 0.2) is 48.5 Å². The van der Waals surface area contributed by atoms with E-state index in [4.69, 9.17) is 4.74 Å². The number of fused-ring (bicyclic) bond motifs is 3. The van der Waals surface area contributed by atoms with E-state index in [1.807, 2.05) is 31.2 Å². The lowest BCUT2D eigenvalue weighted by Gasteiger charge is -2.38. The molecule has 186 valence electrons. The van der Waals surface area contributed by atoms with Crippen molar-refractivity contribution in [3.05, 3.63) is 59.7 Å². The van der Waals surface area contributed by atoms with Gasteiger partial charge >= 0.3 is 12.1 Å². The van der Waals surface area contributed by atoms with Crippen LogP contribution in [0.2, 0.25) is 0 Å². The number of aliphatic carboxylic acids is 1. The van der Waals surface area contributed by atoms with Gasteiger partial charge in [-0.1, -0.05) is 75.2 Å². The van der Waals surface area contributed by atoms with E-state index in [1.165, 1.54) is 0 Å². The molecule has 1 saturated carbocycles. The van der Waals surface area contributed by atoms with Gasteiger partial charge in [0.15, 0.2) is 0 Å². The summed E-state index contributed by atoms with van der Waals surface area (Å²) >= 11 is 0. The Hall–Kier alpha value is -3.35. The number of benzene rings is 2. The molecule has 4 rings (SSSR count). The van der Waals surface area contributed by atoms with Crippen LogP contribution in [0.3, 0.4) is 0 Å². The average Bonchev–Trinajstić information content (AvgIpc) is 3.15. The summed E-state index contributed by atoms with van der Waals surface area (Å²) in [7, 11) is 0. The number of amides is 2. The van der Waals surface area contributed by atoms with Gasteiger partial charge in [0.25, 0.3) is 0 Å². The molecule has 2 aliphatic rings. The highest BCUT2D eigenvalue weighted by Gasteiger charge is 2.44. The molecule has 2 aromatic rings. The van der Waals surface area contributed by atoms with Crippen LogP contribution < -0.4 is 10.6 Å². The maximum absolute atomic E-state index is 12.9. The fraction of sp³-hybridized carbons (Fsp3) is 0.464. The molecule has 0 radical (unpaired) electrons. The van der Waals surface area contributed by atoms with Crippen LogP contribution in [0.1, 0.15) is 63.5 Å². The average molecular weight is 479 g/mol. The summed E-state index contributed by atoms with van der Waals surface area (Å²) in [5.41, 5.74) is 3.32. The van der Waals surface area contributed by atoms with Crippen LogP contribution in [0, 0.1) is 11.8 Å². The van der Waals surface area contributed by atoms with Gasteiger partial charge in [0.2, 0.25) is 5.91 Å². The molecule has 0 aliphatic heterocycles. The normalized spacial score (nSPS) is 22.9. The first-order valence-corrected chi connectivity index (χ1v) is 12.4. The molecular weight excluding hydrogens is 444 g/mol. The van der Waals surface area contributed by atoms with Gasteiger partial charge in [-0.2, -0.15) is 0 Å². The zero-order valence-corrected chi connectivity index (χ0v) is 20.5. The van der Waals surface area contributed by atoms with Gasteiger partial charge in [0.05, 0.1) is 5.92 Å². The Labute approximate surface area is 206 Å². The molecule has 0 saturated heterocycles. The summed E-state index contributed by atoms with van der Waals surface area (Å²) in [6.45, 7) is 5.61. The second-order valence-electron chi connectivity index (χ2n) is 10.1. The van der Waals surface area contributed by atoms with Crippen molar-refractivity contribution in [2.75, 3.05) is 6.61 Å². The summed E-state index contributed by atoms with van der Waals surface area (Å²) in [5.74, 6) is -1.82. The Balaban J connectivity index is 1.35. The Bertz CT molecular complexity index is 1070. The molecule has 0 heterocycles. The molecular formula is C28H34N2O5. The van der Waals surface area contributed by atoms with Gasteiger partial charge in [0, 0.05) is 12.0 Å². The molecule has 2 amide bonds. The van der Waals surface area contributed by atoms with Gasteiger partial charge in [-0.25, -0.2) is 9.59 Å². The molecule has 2 aliphatic carbocycles. The molecule has 7 nitrogen and oxygen atoms in total. The smallest absolute Gasteiger partial charge is 0.407 e. The van der Waals surface area contributed by atoms with Crippen molar-refractivity contribution in [2.24, 2.45) is 11.8 Å². The number of carbonyl (C=O) groups is 3. The molecule has 0 spiro atoms. The molecule has 0 bridgehead atoms. The second-order valence-corrected chi connectivity index (χ2v) is 10.1. The third kappa shape index (κ3) is 5.04. The monoisotopic (exact) mass is 478 g/mol.